The zero-order chi connectivity index (χ0) is 13.7. The van der Waals surface area contributed by atoms with Gasteiger partial charge in [-0.1, -0.05) is 50.1 Å². The zero-order valence-corrected chi connectivity index (χ0v) is 12.1. The molecule has 2 unspecified atom stereocenters. The molecule has 0 heterocycles. The van der Waals surface area contributed by atoms with Gasteiger partial charge in [0.15, 0.2) is 5.78 Å². The smallest absolute Gasteiger partial charge is 0.164 e. The fourth-order valence-electron chi connectivity index (χ4n) is 3.16. The van der Waals surface area contributed by atoms with Crippen LogP contribution in [-0.4, -0.2) is 30.3 Å². The minimum atomic E-state index is 0.260. The maximum atomic E-state index is 12.1. The average Bonchev–Trinajstić information content (AvgIpc) is 2.46. The van der Waals surface area contributed by atoms with E-state index in [4.69, 9.17) is 0 Å². The average molecular weight is 259 g/mol. The molecule has 0 spiro atoms. The van der Waals surface area contributed by atoms with Crippen LogP contribution in [0.4, 0.5) is 0 Å². The van der Waals surface area contributed by atoms with Gasteiger partial charge >= 0.3 is 0 Å². The van der Waals surface area contributed by atoms with Crippen LogP contribution in [0.5, 0.6) is 0 Å². The van der Waals surface area contributed by atoms with E-state index < -0.39 is 0 Å². The third-order valence-electron chi connectivity index (χ3n) is 4.42. The Morgan fingerprint density at radius 3 is 2.58 bits per heavy atom. The second-order valence-corrected chi connectivity index (χ2v) is 5.85. The van der Waals surface area contributed by atoms with Gasteiger partial charge in [0.25, 0.3) is 0 Å². The van der Waals surface area contributed by atoms with E-state index in [9.17, 15) is 4.79 Å². The van der Waals surface area contributed by atoms with Crippen molar-refractivity contribution >= 4 is 5.78 Å². The van der Waals surface area contributed by atoms with E-state index in [1.54, 1.807) is 0 Å². The number of ketones is 1. The van der Waals surface area contributed by atoms with Crippen molar-refractivity contribution in [2.75, 3.05) is 13.6 Å². The van der Waals surface area contributed by atoms with Crippen molar-refractivity contribution in [3.8, 4) is 0 Å². The summed E-state index contributed by atoms with van der Waals surface area (Å²) in [6.45, 7) is 3.22. The van der Waals surface area contributed by atoms with Crippen molar-refractivity contribution in [3.05, 3.63) is 35.9 Å². The Labute approximate surface area is 116 Å². The van der Waals surface area contributed by atoms with Crippen LogP contribution in [0.3, 0.4) is 0 Å². The van der Waals surface area contributed by atoms with Crippen molar-refractivity contribution in [1.82, 2.24) is 4.90 Å². The topological polar surface area (TPSA) is 20.3 Å². The molecule has 104 valence electrons. The number of hydrogen-bond donors (Lipinski definition) is 0. The number of rotatable bonds is 5. The number of hydrogen-bond acceptors (Lipinski definition) is 2. The number of nitrogens with zero attached hydrogens (tertiary/aromatic N) is 1. The van der Waals surface area contributed by atoms with Crippen LogP contribution in [0.15, 0.2) is 30.3 Å². The first-order valence-corrected chi connectivity index (χ1v) is 7.47. The zero-order valence-electron chi connectivity index (χ0n) is 12.1. The maximum absolute atomic E-state index is 12.1. The van der Waals surface area contributed by atoms with Gasteiger partial charge < -0.3 is 4.90 Å². The molecule has 0 bridgehead atoms. The normalized spacial score (nSPS) is 23.5. The second-order valence-electron chi connectivity index (χ2n) is 5.85. The van der Waals surface area contributed by atoms with Crippen LogP contribution in [0.2, 0.25) is 0 Å². The first-order chi connectivity index (χ1) is 9.18. The number of carbonyl (C=O) groups is 1. The lowest BCUT2D eigenvalue weighted by Gasteiger charge is -2.36. The van der Waals surface area contributed by atoms with Gasteiger partial charge in [0, 0.05) is 24.6 Å². The summed E-state index contributed by atoms with van der Waals surface area (Å²) in [4.78, 5) is 14.5. The standard InChI is InChI=1S/C17H25NO/c1-14-8-6-7-11-16(14)18(2)13-12-17(19)15-9-4-3-5-10-15/h3-5,9-10,14,16H,6-8,11-13H2,1-2H3. The SMILES string of the molecule is CC1CCCCC1N(C)CCC(=O)c1ccccc1. The molecule has 1 saturated carbocycles. The molecule has 0 amide bonds. The molecule has 0 saturated heterocycles. The lowest BCUT2D eigenvalue weighted by molar-refractivity contribution is 0.0928. The van der Waals surface area contributed by atoms with Crippen LogP contribution in [-0.2, 0) is 0 Å². The number of benzene rings is 1. The Balaban J connectivity index is 1.83. The summed E-state index contributed by atoms with van der Waals surface area (Å²) in [7, 11) is 2.17. The first-order valence-electron chi connectivity index (χ1n) is 7.47. The van der Waals surface area contributed by atoms with Crippen molar-refractivity contribution in [3.63, 3.8) is 0 Å². The highest BCUT2D eigenvalue weighted by Gasteiger charge is 2.24. The van der Waals surface area contributed by atoms with Crippen LogP contribution >= 0.6 is 0 Å². The van der Waals surface area contributed by atoms with Crippen molar-refractivity contribution in [1.29, 1.82) is 0 Å². The predicted octanol–water partition coefficient (Wildman–Crippen LogP) is 3.77. The Hall–Kier alpha value is -1.15. The van der Waals surface area contributed by atoms with Gasteiger partial charge in [0.05, 0.1) is 0 Å². The monoisotopic (exact) mass is 259 g/mol. The van der Waals surface area contributed by atoms with Gasteiger partial charge in [-0.15, -0.1) is 0 Å². The summed E-state index contributed by atoms with van der Waals surface area (Å²) in [5.74, 6) is 1.03. The van der Waals surface area contributed by atoms with E-state index in [2.05, 4.69) is 18.9 Å². The molecule has 1 aromatic carbocycles. The summed E-state index contributed by atoms with van der Waals surface area (Å²) in [6, 6.07) is 10.3. The minimum Gasteiger partial charge on any atom is -0.303 e. The van der Waals surface area contributed by atoms with Gasteiger partial charge in [-0.05, 0) is 25.8 Å². The molecule has 1 aromatic rings. The molecule has 1 fully saturated rings. The molecule has 2 rings (SSSR count). The predicted molar refractivity (Wildman–Crippen MR) is 79.4 cm³/mol. The molecule has 0 aromatic heterocycles. The molecule has 1 aliphatic carbocycles. The number of Topliss-reactive ketones (excluding diaryl/α,β-unsaturated/α-hetero) is 1. The third-order valence-corrected chi connectivity index (χ3v) is 4.42. The van der Waals surface area contributed by atoms with E-state index in [0.717, 1.165) is 18.0 Å². The molecule has 2 atom stereocenters. The Morgan fingerprint density at radius 1 is 1.21 bits per heavy atom. The van der Waals surface area contributed by atoms with Gasteiger partial charge in [0.1, 0.15) is 0 Å². The molecular formula is C17H25NO. The molecule has 1 aliphatic rings. The Kier molecular flexibility index (Phi) is 5.15. The second kappa shape index (κ2) is 6.85. The minimum absolute atomic E-state index is 0.260. The number of carbonyl (C=O) groups excluding carboxylic acids is 1. The molecule has 0 aliphatic heterocycles. The first kappa shape index (κ1) is 14.3. The van der Waals surface area contributed by atoms with Crippen molar-refractivity contribution < 1.29 is 4.79 Å². The fraction of sp³-hybridized carbons (Fsp3) is 0.588. The van der Waals surface area contributed by atoms with Crippen LogP contribution in [0, 0.1) is 5.92 Å². The highest BCUT2D eigenvalue weighted by molar-refractivity contribution is 5.96. The highest BCUT2D eigenvalue weighted by Crippen LogP contribution is 2.27. The van der Waals surface area contributed by atoms with Gasteiger partial charge in [-0.3, -0.25) is 4.79 Å². The van der Waals surface area contributed by atoms with Crippen LogP contribution < -0.4 is 0 Å². The maximum Gasteiger partial charge on any atom is 0.164 e. The van der Waals surface area contributed by atoms with Crippen molar-refractivity contribution in [2.24, 2.45) is 5.92 Å². The van der Waals surface area contributed by atoms with E-state index in [-0.39, 0.29) is 5.78 Å². The molecule has 2 nitrogen and oxygen atoms in total. The third kappa shape index (κ3) is 3.90. The van der Waals surface area contributed by atoms with Crippen molar-refractivity contribution in [2.45, 2.75) is 45.1 Å². The fourth-order valence-corrected chi connectivity index (χ4v) is 3.16. The Morgan fingerprint density at radius 2 is 1.89 bits per heavy atom. The largest absolute Gasteiger partial charge is 0.303 e. The van der Waals surface area contributed by atoms with E-state index in [1.807, 2.05) is 30.3 Å². The molecule has 0 radical (unpaired) electrons. The molecular weight excluding hydrogens is 234 g/mol. The van der Waals surface area contributed by atoms with E-state index in [1.165, 1.54) is 25.7 Å². The quantitative estimate of drug-likeness (QED) is 0.750. The van der Waals surface area contributed by atoms with E-state index >= 15 is 0 Å². The van der Waals surface area contributed by atoms with Crippen LogP contribution in [0.1, 0.15) is 49.4 Å². The Bertz CT molecular complexity index is 401. The van der Waals surface area contributed by atoms with E-state index in [0.29, 0.717) is 12.5 Å². The summed E-state index contributed by atoms with van der Waals surface area (Å²) in [5.41, 5.74) is 0.840. The summed E-state index contributed by atoms with van der Waals surface area (Å²) < 4.78 is 0. The molecule has 2 heteroatoms. The highest BCUT2D eigenvalue weighted by atomic mass is 16.1. The van der Waals surface area contributed by atoms with Gasteiger partial charge in [-0.2, -0.15) is 0 Å². The van der Waals surface area contributed by atoms with Gasteiger partial charge in [0.2, 0.25) is 0 Å². The molecule has 0 N–H and O–H groups in total. The molecule has 19 heavy (non-hydrogen) atoms. The lowest BCUT2D eigenvalue weighted by Crippen LogP contribution is -2.39. The summed E-state index contributed by atoms with van der Waals surface area (Å²) in [5, 5.41) is 0. The van der Waals surface area contributed by atoms with Crippen LogP contribution in [0.25, 0.3) is 0 Å². The summed E-state index contributed by atoms with van der Waals surface area (Å²) in [6.07, 6.45) is 5.96. The summed E-state index contributed by atoms with van der Waals surface area (Å²) >= 11 is 0. The van der Waals surface area contributed by atoms with Gasteiger partial charge in [-0.25, -0.2) is 0 Å². The lowest BCUT2D eigenvalue weighted by atomic mass is 9.85.